The molecule has 1 unspecified atom stereocenters. The quantitative estimate of drug-likeness (QED) is 0.780. The maximum atomic E-state index is 12.3. The van der Waals surface area contributed by atoms with Gasteiger partial charge < -0.3 is 10.4 Å². The summed E-state index contributed by atoms with van der Waals surface area (Å²) in [4.78, 5) is 0. The largest absolute Gasteiger partial charge is 0.395 e. The fraction of sp³-hybridized carbons (Fsp3) is 0.500. The molecule has 0 aliphatic rings. The lowest BCUT2D eigenvalue weighted by molar-refractivity contribution is 0.0927. The van der Waals surface area contributed by atoms with E-state index in [4.69, 9.17) is 5.11 Å². The lowest BCUT2D eigenvalue weighted by Crippen LogP contribution is -2.43. The Morgan fingerprint density at radius 1 is 1.25 bits per heavy atom. The van der Waals surface area contributed by atoms with Crippen molar-refractivity contribution in [3.63, 3.8) is 0 Å². The summed E-state index contributed by atoms with van der Waals surface area (Å²) in [6.45, 7) is 1.27. The second-order valence-corrected chi connectivity index (χ2v) is 3.86. The summed E-state index contributed by atoms with van der Waals surface area (Å²) in [6.07, 6.45) is -1.86. The Morgan fingerprint density at radius 3 is 2.38 bits per heavy atom. The van der Waals surface area contributed by atoms with Crippen LogP contribution >= 0.6 is 0 Å². The van der Waals surface area contributed by atoms with Gasteiger partial charge in [-0.15, -0.1) is 0 Å². The molecule has 4 heteroatoms. The first kappa shape index (κ1) is 13.1. The molecule has 0 saturated heterocycles. The van der Waals surface area contributed by atoms with Gasteiger partial charge in [0.25, 0.3) is 6.43 Å². The van der Waals surface area contributed by atoms with Crippen molar-refractivity contribution in [2.24, 2.45) is 0 Å². The summed E-state index contributed by atoms with van der Waals surface area (Å²) in [6, 6.07) is 8.27. The van der Waals surface area contributed by atoms with E-state index in [1.165, 1.54) is 6.92 Å². The van der Waals surface area contributed by atoms with Crippen LogP contribution in [0.1, 0.15) is 12.5 Å². The number of alkyl halides is 2. The Morgan fingerprint density at radius 2 is 1.88 bits per heavy atom. The number of hydrogen-bond acceptors (Lipinski definition) is 2. The van der Waals surface area contributed by atoms with E-state index in [0.29, 0.717) is 6.42 Å². The number of nitrogens with one attached hydrogen (secondary N) is 1. The standard InChI is InChI=1S/C12H17F2NO/c1-9(12(13)14)15-11(8-16)7-10-5-3-2-4-6-10/h2-6,9,11-12,15-16H,7-8H2,1H3/t9?,11-/m0/s1. The third-order valence-electron chi connectivity index (χ3n) is 2.42. The number of hydrogen-bond donors (Lipinski definition) is 2. The molecule has 0 aliphatic carbocycles. The minimum atomic E-state index is -2.41. The molecule has 1 aromatic rings. The van der Waals surface area contributed by atoms with E-state index in [1.54, 1.807) is 0 Å². The fourth-order valence-electron chi connectivity index (χ4n) is 1.52. The molecule has 2 atom stereocenters. The summed E-state index contributed by atoms with van der Waals surface area (Å²) < 4.78 is 24.6. The smallest absolute Gasteiger partial charge is 0.253 e. The highest BCUT2D eigenvalue weighted by Gasteiger charge is 2.18. The molecule has 0 bridgehead atoms. The third-order valence-corrected chi connectivity index (χ3v) is 2.42. The van der Waals surface area contributed by atoms with Crippen LogP contribution in [0.5, 0.6) is 0 Å². The van der Waals surface area contributed by atoms with Gasteiger partial charge in [0.15, 0.2) is 0 Å². The van der Waals surface area contributed by atoms with Crippen LogP contribution in [0.3, 0.4) is 0 Å². The first-order valence-electron chi connectivity index (χ1n) is 5.32. The van der Waals surface area contributed by atoms with Crippen molar-refractivity contribution in [2.45, 2.75) is 31.9 Å². The highest BCUT2D eigenvalue weighted by atomic mass is 19.3. The van der Waals surface area contributed by atoms with Crippen LogP contribution in [-0.4, -0.2) is 30.2 Å². The zero-order valence-electron chi connectivity index (χ0n) is 9.24. The first-order valence-corrected chi connectivity index (χ1v) is 5.32. The number of aliphatic hydroxyl groups excluding tert-OH is 1. The van der Waals surface area contributed by atoms with Gasteiger partial charge >= 0.3 is 0 Å². The van der Waals surface area contributed by atoms with Gasteiger partial charge in [-0.05, 0) is 18.9 Å². The number of rotatable bonds is 6. The van der Waals surface area contributed by atoms with Crippen molar-refractivity contribution in [3.8, 4) is 0 Å². The molecule has 0 radical (unpaired) electrons. The summed E-state index contributed by atoms with van der Waals surface area (Å²) >= 11 is 0. The van der Waals surface area contributed by atoms with E-state index in [-0.39, 0.29) is 12.6 Å². The maximum Gasteiger partial charge on any atom is 0.253 e. The van der Waals surface area contributed by atoms with Crippen molar-refractivity contribution in [1.29, 1.82) is 0 Å². The highest BCUT2D eigenvalue weighted by molar-refractivity contribution is 5.15. The molecule has 1 rings (SSSR count). The maximum absolute atomic E-state index is 12.3. The monoisotopic (exact) mass is 229 g/mol. The SMILES string of the molecule is CC(N[C@H](CO)Cc1ccccc1)C(F)F. The van der Waals surface area contributed by atoms with E-state index in [2.05, 4.69) is 5.32 Å². The summed E-state index contributed by atoms with van der Waals surface area (Å²) in [7, 11) is 0. The zero-order valence-corrected chi connectivity index (χ0v) is 9.24. The van der Waals surface area contributed by atoms with Crippen molar-refractivity contribution in [3.05, 3.63) is 35.9 Å². The van der Waals surface area contributed by atoms with Crippen LogP contribution in [0.25, 0.3) is 0 Å². The summed E-state index contributed by atoms with van der Waals surface area (Å²) in [5.74, 6) is 0. The van der Waals surface area contributed by atoms with Gasteiger partial charge in [-0.25, -0.2) is 8.78 Å². The molecule has 0 aromatic heterocycles. The lowest BCUT2D eigenvalue weighted by atomic mass is 10.1. The first-order chi connectivity index (χ1) is 7.63. The molecule has 0 saturated carbocycles. The van der Waals surface area contributed by atoms with Gasteiger partial charge in [-0.2, -0.15) is 0 Å². The van der Waals surface area contributed by atoms with E-state index in [0.717, 1.165) is 5.56 Å². The van der Waals surface area contributed by atoms with E-state index < -0.39 is 12.5 Å². The molecular formula is C12H17F2NO. The van der Waals surface area contributed by atoms with Crippen LogP contribution in [0.4, 0.5) is 8.78 Å². The second kappa shape index (κ2) is 6.55. The van der Waals surface area contributed by atoms with E-state index in [1.807, 2.05) is 30.3 Å². The van der Waals surface area contributed by atoms with Gasteiger partial charge in [0.05, 0.1) is 12.6 Å². The van der Waals surface area contributed by atoms with Crippen molar-refractivity contribution >= 4 is 0 Å². The Hall–Kier alpha value is -1.00. The molecule has 0 heterocycles. The summed E-state index contributed by atoms with van der Waals surface area (Å²) in [5, 5.41) is 11.8. The molecule has 90 valence electrons. The number of benzene rings is 1. The predicted octanol–water partition coefficient (Wildman–Crippen LogP) is 1.83. The van der Waals surface area contributed by atoms with Crippen LogP contribution in [0.15, 0.2) is 30.3 Å². The van der Waals surface area contributed by atoms with Crippen molar-refractivity contribution in [2.75, 3.05) is 6.61 Å². The average Bonchev–Trinajstić information content (AvgIpc) is 2.29. The van der Waals surface area contributed by atoms with Crippen LogP contribution in [-0.2, 0) is 6.42 Å². The minimum absolute atomic E-state index is 0.147. The summed E-state index contributed by atoms with van der Waals surface area (Å²) in [5.41, 5.74) is 1.02. The van der Waals surface area contributed by atoms with E-state index in [9.17, 15) is 8.78 Å². The molecule has 0 spiro atoms. The predicted molar refractivity (Wildman–Crippen MR) is 59.6 cm³/mol. The Kier molecular flexibility index (Phi) is 5.35. The molecule has 0 amide bonds. The number of aliphatic hydroxyl groups is 1. The second-order valence-electron chi connectivity index (χ2n) is 3.86. The highest BCUT2D eigenvalue weighted by Crippen LogP contribution is 2.06. The molecule has 0 fully saturated rings. The van der Waals surface area contributed by atoms with Gasteiger partial charge in [0, 0.05) is 6.04 Å². The molecule has 0 aliphatic heterocycles. The Labute approximate surface area is 94.3 Å². The lowest BCUT2D eigenvalue weighted by Gasteiger charge is -2.21. The molecule has 2 nitrogen and oxygen atoms in total. The van der Waals surface area contributed by atoms with Crippen molar-refractivity contribution in [1.82, 2.24) is 5.32 Å². The van der Waals surface area contributed by atoms with Gasteiger partial charge in [-0.3, -0.25) is 0 Å². The van der Waals surface area contributed by atoms with Gasteiger partial charge in [-0.1, -0.05) is 30.3 Å². The Bertz CT molecular complexity index is 292. The normalized spacial score (nSPS) is 15.1. The Balaban J connectivity index is 2.49. The van der Waals surface area contributed by atoms with Crippen molar-refractivity contribution < 1.29 is 13.9 Å². The molecule has 1 aromatic carbocycles. The van der Waals surface area contributed by atoms with Gasteiger partial charge in [0.2, 0.25) is 0 Å². The molecular weight excluding hydrogens is 212 g/mol. The minimum Gasteiger partial charge on any atom is -0.395 e. The van der Waals surface area contributed by atoms with Crippen LogP contribution in [0, 0.1) is 0 Å². The molecule has 2 N–H and O–H groups in total. The van der Waals surface area contributed by atoms with Gasteiger partial charge in [0.1, 0.15) is 0 Å². The van der Waals surface area contributed by atoms with Crippen LogP contribution < -0.4 is 5.32 Å². The molecule has 16 heavy (non-hydrogen) atoms. The fourth-order valence-corrected chi connectivity index (χ4v) is 1.52. The van der Waals surface area contributed by atoms with E-state index >= 15 is 0 Å². The third kappa shape index (κ3) is 4.24. The zero-order chi connectivity index (χ0) is 12.0. The number of halogens is 2. The topological polar surface area (TPSA) is 32.3 Å². The average molecular weight is 229 g/mol. The van der Waals surface area contributed by atoms with Crippen LogP contribution in [0.2, 0.25) is 0 Å².